The Hall–Kier alpha value is -1.80. The maximum absolute atomic E-state index is 12.8. The minimum absolute atomic E-state index is 0.0823. The van der Waals surface area contributed by atoms with Crippen LogP contribution in [0.1, 0.15) is 40.2 Å². The number of hydrogen-bond donors (Lipinski definition) is 1. The number of nitrogens with two attached hydrogens (primary N) is 1. The first-order valence-electron chi connectivity index (χ1n) is 6.84. The lowest BCUT2D eigenvalue weighted by Crippen LogP contribution is -2.19. The van der Waals surface area contributed by atoms with Gasteiger partial charge in [-0.3, -0.25) is 4.79 Å². The summed E-state index contributed by atoms with van der Waals surface area (Å²) >= 11 is 6.17. The van der Waals surface area contributed by atoms with Gasteiger partial charge in [-0.15, -0.1) is 0 Å². The summed E-state index contributed by atoms with van der Waals surface area (Å²) in [7, 11) is 0. The maximum Gasteiger partial charge on any atom is 0.171 e. The number of halogens is 1. The number of Topliss-reactive ketones (excluding diaryl/α,β-unsaturated/α-hetero) is 1. The van der Waals surface area contributed by atoms with E-state index in [1.165, 1.54) is 5.56 Å². The molecule has 0 aromatic heterocycles. The number of fused-ring (bicyclic) bond motifs is 1. The molecule has 3 rings (SSSR count). The van der Waals surface area contributed by atoms with Crippen LogP contribution in [-0.4, -0.2) is 5.78 Å². The third-order valence-electron chi connectivity index (χ3n) is 3.94. The van der Waals surface area contributed by atoms with E-state index >= 15 is 0 Å². The Kier molecular flexibility index (Phi) is 3.49. The zero-order valence-electron chi connectivity index (χ0n) is 11.1. The molecule has 2 aromatic carbocycles. The van der Waals surface area contributed by atoms with E-state index in [0.717, 1.165) is 24.8 Å². The molecule has 0 saturated carbocycles. The molecular weight excluding hydrogens is 270 g/mol. The second-order valence-electron chi connectivity index (χ2n) is 5.25. The van der Waals surface area contributed by atoms with Gasteiger partial charge in [0, 0.05) is 17.2 Å². The molecule has 1 aliphatic carbocycles. The second kappa shape index (κ2) is 5.29. The predicted molar refractivity (Wildman–Crippen MR) is 82.3 cm³/mol. The maximum atomic E-state index is 12.8. The van der Waals surface area contributed by atoms with Crippen molar-refractivity contribution in [2.45, 2.75) is 25.2 Å². The van der Waals surface area contributed by atoms with E-state index in [2.05, 4.69) is 12.1 Å². The van der Waals surface area contributed by atoms with Gasteiger partial charge in [-0.1, -0.05) is 35.9 Å². The Bertz CT molecular complexity index is 666. The molecule has 20 heavy (non-hydrogen) atoms. The van der Waals surface area contributed by atoms with Crippen molar-refractivity contribution in [1.29, 1.82) is 0 Å². The van der Waals surface area contributed by atoms with Crippen LogP contribution >= 0.6 is 11.6 Å². The molecule has 0 amide bonds. The molecule has 2 aromatic rings. The van der Waals surface area contributed by atoms with E-state index < -0.39 is 0 Å². The highest BCUT2D eigenvalue weighted by molar-refractivity contribution is 6.34. The van der Waals surface area contributed by atoms with Gasteiger partial charge in [-0.2, -0.15) is 0 Å². The summed E-state index contributed by atoms with van der Waals surface area (Å²) in [6, 6.07) is 13.3. The fourth-order valence-electron chi connectivity index (χ4n) is 2.95. The molecule has 1 aliphatic rings. The second-order valence-corrected chi connectivity index (χ2v) is 5.65. The summed E-state index contributed by atoms with van der Waals surface area (Å²) in [5.41, 5.74) is 9.27. The van der Waals surface area contributed by atoms with Gasteiger partial charge in [-0.05, 0) is 48.6 Å². The molecule has 2 nitrogen and oxygen atoms in total. The van der Waals surface area contributed by atoms with Gasteiger partial charge < -0.3 is 5.73 Å². The number of carbonyl (C=O) groups is 1. The van der Waals surface area contributed by atoms with E-state index in [9.17, 15) is 4.79 Å². The Morgan fingerprint density at radius 1 is 1.20 bits per heavy atom. The molecule has 0 spiro atoms. The Balaban J connectivity index is 2.00. The van der Waals surface area contributed by atoms with Crippen molar-refractivity contribution in [1.82, 2.24) is 0 Å². The van der Waals surface area contributed by atoms with E-state index in [1.807, 2.05) is 12.1 Å². The fourth-order valence-corrected chi connectivity index (χ4v) is 3.23. The zero-order valence-corrected chi connectivity index (χ0v) is 11.9. The number of benzene rings is 2. The number of carbonyl (C=O) groups excluding carboxylic acids is 1. The minimum atomic E-state index is -0.0823. The SMILES string of the molecule is Nc1ccc(C(=O)C2CCCc3ccccc32)c(Cl)c1. The smallest absolute Gasteiger partial charge is 0.171 e. The molecule has 1 unspecified atom stereocenters. The lowest BCUT2D eigenvalue weighted by atomic mass is 9.79. The van der Waals surface area contributed by atoms with Gasteiger partial charge in [0.05, 0.1) is 5.02 Å². The van der Waals surface area contributed by atoms with Crippen LogP contribution in [0.25, 0.3) is 0 Å². The van der Waals surface area contributed by atoms with Gasteiger partial charge in [0.1, 0.15) is 0 Å². The third kappa shape index (κ3) is 2.32. The number of nitrogen functional groups attached to an aromatic ring is 1. The number of rotatable bonds is 2. The summed E-state index contributed by atoms with van der Waals surface area (Å²) < 4.78 is 0. The molecule has 0 radical (unpaired) electrons. The van der Waals surface area contributed by atoms with Crippen LogP contribution in [0.3, 0.4) is 0 Å². The van der Waals surface area contributed by atoms with Crippen LogP contribution in [-0.2, 0) is 6.42 Å². The van der Waals surface area contributed by atoms with E-state index in [-0.39, 0.29) is 11.7 Å². The van der Waals surface area contributed by atoms with Gasteiger partial charge in [-0.25, -0.2) is 0 Å². The first-order valence-corrected chi connectivity index (χ1v) is 7.21. The molecule has 0 bridgehead atoms. The molecule has 0 aliphatic heterocycles. The summed E-state index contributed by atoms with van der Waals surface area (Å²) in [5, 5.41) is 0.443. The van der Waals surface area contributed by atoms with Gasteiger partial charge in [0.25, 0.3) is 0 Å². The van der Waals surface area contributed by atoms with Crippen molar-refractivity contribution in [2.24, 2.45) is 0 Å². The largest absolute Gasteiger partial charge is 0.399 e. The topological polar surface area (TPSA) is 43.1 Å². The molecular formula is C17H16ClNO. The number of anilines is 1. The summed E-state index contributed by atoms with van der Waals surface area (Å²) in [4.78, 5) is 12.8. The van der Waals surface area contributed by atoms with Crippen molar-refractivity contribution in [3.63, 3.8) is 0 Å². The van der Waals surface area contributed by atoms with Gasteiger partial charge in [0.2, 0.25) is 0 Å². The molecule has 102 valence electrons. The van der Waals surface area contributed by atoms with E-state index in [0.29, 0.717) is 16.3 Å². The van der Waals surface area contributed by atoms with Crippen LogP contribution in [0.4, 0.5) is 5.69 Å². The van der Waals surface area contributed by atoms with Crippen molar-refractivity contribution in [2.75, 3.05) is 5.73 Å². The summed E-state index contributed by atoms with van der Waals surface area (Å²) in [6.45, 7) is 0. The van der Waals surface area contributed by atoms with Crippen LogP contribution in [0, 0.1) is 0 Å². The zero-order chi connectivity index (χ0) is 14.1. The quantitative estimate of drug-likeness (QED) is 0.663. The molecule has 2 N–H and O–H groups in total. The Labute approximate surface area is 123 Å². The van der Waals surface area contributed by atoms with Crippen LogP contribution < -0.4 is 5.73 Å². The normalized spacial score (nSPS) is 17.6. The van der Waals surface area contributed by atoms with E-state index in [4.69, 9.17) is 17.3 Å². The Morgan fingerprint density at radius 3 is 2.80 bits per heavy atom. The van der Waals surface area contributed by atoms with Crippen LogP contribution in [0.2, 0.25) is 5.02 Å². The lowest BCUT2D eigenvalue weighted by Gasteiger charge is -2.24. The fraction of sp³-hybridized carbons (Fsp3) is 0.235. The van der Waals surface area contributed by atoms with Gasteiger partial charge >= 0.3 is 0 Å². The highest BCUT2D eigenvalue weighted by Crippen LogP contribution is 2.35. The van der Waals surface area contributed by atoms with Crippen molar-refractivity contribution < 1.29 is 4.79 Å². The average Bonchev–Trinajstić information content (AvgIpc) is 2.46. The first kappa shape index (κ1) is 13.2. The molecule has 3 heteroatoms. The monoisotopic (exact) mass is 285 g/mol. The molecule has 0 heterocycles. The standard InChI is InChI=1S/C17H16ClNO/c18-16-10-12(19)8-9-15(16)17(20)14-7-3-5-11-4-1-2-6-13(11)14/h1-2,4,6,8-10,14H,3,5,7,19H2. The average molecular weight is 286 g/mol. The summed E-state index contributed by atoms with van der Waals surface area (Å²) in [5.74, 6) is 0.0169. The minimum Gasteiger partial charge on any atom is -0.399 e. The molecule has 0 saturated heterocycles. The Morgan fingerprint density at radius 2 is 2.00 bits per heavy atom. The lowest BCUT2D eigenvalue weighted by molar-refractivity contribution is 0.0951. The molecule has 0 fully saturated rings. The predicted octanol–water partition coefficient (Wildman–Crippen LogP) is 4.23. The first-order chi connectivity index (χ1) is 9.66. The number of ketones is 1. The van der Waals surface area contributed by atoms with Crippen molar-refractivity contribution in [3.05, 3.63) is 64.2 Å². The summed E-state index contributed by atoms with van der Waals surface area (Å²) in [6.07, 6.45) is 2.98. The number of hydrogen-bond acceptors (Lipinski definition) is 2. The van der Waals surface area contributed by atoms with Crippen molar-refractivity contribution in [3.8, 4) is 0 Å². The third-order valence-corrected chi connectivity index (χ3v) is 4.26. The molecule has 1 atom stereocenters. The van der Waals surface area contributed by atoms with Crippen LogP contribution in [0.15, 0.2) is 42.5 Å². The highest BCUT2D eigenvalue weighted by Gasteiger charge is 2.28. The van der Waals surface area contributed by atoms with Crippen LogP contribution in [0.5, 0.6) is 0 Å². The number of aryl methyl sites for hydroxylation is 1. The highest BCUT2D eigenvalue weighted by atomic mass is 35.5. The van der Waals surface area contributed by atoms with Crippen molar-refractivity contribution >= 4 is 23.1 Å². The van der Waals surface area contributed by atoms with E-state index in [1.54, 1.807) is 18.2 Å². The van der Waals surface area contributed by atoms with Gasteiger partial charge in [0.15, 0.2) is 5.78 Å².